The summed E-state index contributed by atoms with van der Waals surface area (Å²) >= 11 is 0. The van der Waals surface area contributed by atoms with Crippen LogP contribution in [0.2, 0.25) is 0 Å². The van der Waals surface area contributed by atoms with Crippen LogP contribution in [0.5, 0.6) is 34.5 Å². The van der Waals surface area contributed by atoms with Crippen molar-refractivity contribution < 1.29 is 14.2 Å². The van der Waals surface area contributed by atoms with Gasteiger partial charge in [-0.1, -0.05) is 103 Å². The van der Waals surface area contributed by atoms with Crippen LogP contribution in [0.15, 0.2) is 176 Å². The van der Waals surface area contributed by atoms with Crippen molar-refractivity contribution in [3.8, 4) is 67.9 Å². The minimum atomic E-state index is 0.716. The van der Waals surface area contributed by atoms with Crippen molar-refractivity contribution >= 4 is 22.8 Å². The summed E-state index contributed by atoms with van der Waals surface area (Å²) in [7, 11) is 0. The zero-order valence-electron chi connectivity index (χ0n) is 28.1. The van der Waals surface area contributed by atoms with Crippen LogP contribution in [0, 0.1) is 0 Å². The molecule has 0 amide bonds. The first-order chi connectivity index (χ1) is 25.8. The summed E-state index contributed by atoms with van der Waals surface area (Å²) in [5, 5.41) is 3.49. The third-order valence-corrected chi connectivity index (χ3v) is 9.76. The predicted molar refractivity (Wildman–Crippen MR) is 209 cm³/mol. The summed E-state index contributed by atoms with van der Waals surface area (Å²) < 4.78 is 20.6. The Labute approximate surface area is 302 Å². The van der Waals surface area contributed by atoms with E-state index >= 15 is 0 Å². The molecule has 7 aromatic rings. The molecule has 0 aliphatic carbocycles. The molecule has 7 aromatic carbocycles. The SMILES string of the molecule is C1=CCNC(c2ccc3c(c2)Oc2ccccc2-c2ccccc2Oc2cc(-c4cccc5c4Oc4ccccc4N5c4ccccc4)ccc2-3)=C1. The van der Waals surface area contributed by atoms with Crippen LogP contribution in [0.25, 0.3) is 39.1 Å². The number of hydrogen-bond donors (Lipinski definition) is 1. The molecular weight excluding hydrogens is 641 g/mol. The van der Waals surface area contributed by atoms with Gasteiger partial charge in [-0.2, -0.15) is 0 Å². The fraction of sp³-hybridized carbons (Fsp3) is 0.0213. The number of rotatable bonds is 3. The number of anilines is 3. The number of para-hydroxylation sites is 6. The molecule has 0 fully saturated rings. The maximum absolute atomic E-state index is 6.99. The summed E-state index contributed by atoms with van der Waals surface area (Å²) in [4.78, 5) is 2.26. The van der Waals surface area contributed by atoms with Gasteiger partial charge >= 0.3 is 0 Å². The topological polar surface area (TPSA) is 43.0 Å². The van der Waals surface area contributed by atoms with Crippen molar-refractivity contribution in [1.29, 1.82) is 0 Å². The molecule has 0 saturated carbocycles. The van der Waals surface area contributed by atoms with Gasteiger partial charge in [-0.15, -0.1) is 0 Å². The number of ether oxygens (including phenoxy) is 3. The number of dihydropyridines is 1. The molecule has 0 saturated heterocycles. The van der Waals surface area contributed by atoms with Crippen LogP contribution in [-0.4, -0.2) is 6.54 Å². The number of hydrogen-bond acceptors (Lipinski definition) is 5. The van der Waals surface area contributed by atoms with Crippen LogP contribution < -0.4 is 24.4 Å². The molecule has 0 bridgehead atoms. The van der Waals surface area contributed by atoms with Crippen molar-refractivity contribution in [2.75, 3.05) is 11.4 Å². The summed E-state index contributed by atoms with van der Waals surface area (Å²) in [6.45, 7) is 0.782. The zero-order chi connectivity index (χ0) is 34.4. The first kappa shape index (κ1) is 29.9. The highest BCUT2D eigenvalue weighted by molar-refractivity contribution is 5.93. The van der Waals surface area contributed by atoms with E-state index in [0.29, 0.717) is 5.75 Å². The average Bonchev–Trinajstić information content (AvgIpc) is 3.21. The smallest absolute Gasteiger partial charge is 0.159 e. The van der Waals surface area contributed by atoms with E-state index in [9.17, 15) is 0 Å². The Morgan fingerprint density at radius 2 is 1.02 bits per heavy atom. The highest BCUT2D eigenvalue weighted by atomic mass is 16.5. The first-order valence-corrected chi connectivity index (χ1v) is 17.5. The third-order valence-electron chi connectivity index (χ3n) is 9.76. The molecule has 10 rings (SSSR count). The molecule has 5 heteroatoms. The molecule has 3 aliphatic rings. The lowest BCUT2D eigenvalue weighted by atomic mass is 9.95. The van der Waals surface area contributed by atoms with Crippen molar-refractivity contribution in [2.45, 2.75) is 0 Å². The standard InChI is InChI=1S/C47H32N2O3/c1-2-13-33(14-3-1)49-40-19-6-9-23-44(40)52-47-34(17-12-20-41(47)49)31-24-26-37-38-27-25-32(39-18-10-11-28-48-39)30-46(38)51-43-22-8-5-16-36(43)35-15-4-7-21-42(35)50-45(37)29-31/h1-27,29-30,48H,28H2. The van der Waals surface area contributed by atoms with Gasteiger partial charge in [0, 0.05) is 51.3 Å². The second-order valence-corrected chi connectivity index (χ2v) is 12.9. The minimum absolute atomic E-state index is 0.716. The van der Waals surface area contributed by atoms with Gasteiger partial charge in [-0.3, -0.25) is 0 Å². The summed E-state index contributed by atoms with van der Waals surface area (Å²) in [5.74, 6) is 4.56. The molecule has 248 valence electrons. The second-order valence-electron chi connectivity index (χ2n) is 12.9. The first-order valence-electron chi connectivity index (χ1n) is 17.5. The molecular formula is C47H32N2O3. The van der Waals surface area contributed by atoms with Crippen LogP contribution in [0.1, 0.15) is 5.56 Å². The Hall–Kier alpha value is -6.98. The summed E-state index contributed by atoms with van der Waals surface area (Å²) in [6, 6.07) is 54.0. The molecule has 52 heavy (non-hydrogen) atoms. The Morgan fingerprint density at radius 3 is 1.73 bits per heavy atom. The predicted octanol–water partition coefficient (Wildman–Crippen LogP) is 12.7. The van der Waals surface area contributed by atoms with Crippen molar-refractivity contribution in [2.24, 2.45) is 0 Å². The highest BCUT2D eigenvalue weighted by Crippen LogP contribution is 2.54. The van der Waals surface area contributed by atoms with Crippen LogP contribution in [0.3, 0.4) is 0 Å². The van der Waals surface area contributed by atoms with Gasteiger partial charge in [0.2, 0.25) is 0 Å². The molecule has 0 spiro atoms. The van der Waals surface area contributed by atoms with E-state index < -0.39 is 0 Å². The van der Waals surface area contributed by atoms with E-state index in [1.54, 1.807) is 0 Å². The number of allylic oxidation sites excluding steroid dienone is 2. The lowest BCUT2D eigenvalue weighted by Gasteiger charge is -2.34. The quantitative estimate of drug-likeness (QED) is 0.202. The number of nitrogens with zero attached hydrogens (tertiary/aromatic N) is 1. The highest BCUT2D eigenvalue weighted by Gasteiger charge is 2.29. The van der Waals surface area contributed by atoms with Gasteiger partial charge < -0.3 is 24.4 Å². The largest absolute Gasteiger partial charge is 0.456 e. The average molecular weight is 673 g/mol. The Morgan fingerprint density at radius 1 is 0.442 bits per heavy atom. The van der Waals surface area contributed by atoms with Gasteiger partial charge in [0.1, 0.15) is 23.0 Å². The normalized spacial score (nSPS) is 13.5. The van der Waals surface area contributed by atoms with E-state index in [0.717, 1.165) is 97.0 Å². The summed E-state index contributed by atoms with van der Waals surface area (Å²) in [6.07, 6.45) is 6.28. The summed E-state index contributed by atoms with van der Waals surface area (Å²) in [5.41, 5.74) is 10.8. The van der Waals surface area contributed by atoms with Gasteiger partial charge in [0.25, 0.3) is 0 Å². The van der Waals surface area contributed by atoms with Gasteiger partial charge in [0.15, 0.2) is 11.5 Å². The molecule has 5 nitrogen and oxygen atoms in total. The molecule has 1 N–H and O–H groups in total. The Bertz CT molecular complexity index is 2570. The van der Waals surface area contributed by atoms with E-state index in [-0.39, 0.29) is 0 Å². The fourth-order valence-corrected chi connectivity index (χ4v) is 7.30. The fourth-order valence-electron chi connectivity index (χ4n) is 7.30. The lowest BCUT2D eigenvalue weighted by molar-refractivity contribution is 0.472. The Kier molecular flexibility index (Phi) is 7.14. The molecule has 0 aromatic heterocycles. The van der Waals surface area contributed by atoms with Crippen molar-refractivity contribution in [3.63, 3.8) is 0 Å². The third kappa shape index (κ3) is 5.10. The van der Waals surface area contributed by atoms with Crippen molar-refractivity contribution in [3.05, 3.63) is 182 Å². The molecule has 0 unspecified atom stereocenters. The monoisotopic (exact) mass is 672 g/mol. The molecule has 0 radical (unpaired) electrons. The van der Waals surface area contributed by atoms with Gasteiger partial charge in [-0.05, 0) is 78.4 Å². The van der Waals surface area contributed by atoms with Gasteiger partial charge in [-0.25, -0.2) is 0 Å². The number of fused-ring (bicyclic) bond motifs is 8. The van der Waals surface area contributed by atoms with E-state index in [4.69, 9.17) is 14.2 Å². The van der Waals surface area contributed by atoms with Crippen LogP contribution >= 0.6 is 0 Å². The number of nitrogens with one attached hydrogen (secondary N) is 1. The van der Waals surface area contributed by atoms with E-state index in [1.165, 1.54) is 0 Å². The maximum atomic E-state index is 6.99. The van der Waals surface area contributed by atoms with Crippen LogP contribution in [-0.2, 0) is 0 Å². The van der Waals surface area contributed by atoms with Gasteiger partial charge in [0.05, 0.1) is 11.4 Å². The Balaban J connectivity index is 1.17. The van der Waals surface area contributed by atoms with Crippen LogP contribution in [0.4, 0.5) is 17.1 Å². The molecule has 3 aliphatic heterocycles. The molecule has 3 heterocycles. The molecule has 0 atom stereocenters. The van der Waals surface area contributed by atoms with E-state index in [1.807, 2.05) is 60.7 Å². The maximum Gasteiger partial charge on any atom is 0.159 e. The minimum Gasteiger partial charge on any atom is -0.456 e. The zero-order valence-corrected chi connectivity index (χ0v) is 28.1. The van der Waals surface area contributed by atoms with E-state index in [2.05, 4.69) is 126 Å². The number of benzene rings is 7. The lowest BCUT2D eigenvalue weighted by Crippen LogP contribution is -2.16. The van der Waals surface area contributed by atoms with Crippen molar-refractivity contribution in [1.82, 2.24) is 5.32 Å². The second kappa shape index (κ2) is 12.4.